The maximum atomic E-state index is 5.77. The van der Waals surface area contributed by atoms with Crippen LogP contribution in [0.4, 0.5) is 11.9 Å². The third-order valence-electron chi connectivity index (χ3n) is 5.10. The number of hydrogen-bond acceptors (Lipinski definition) is 8. The van der Waals surface area contributed by atoms with E-state index in [4.69, 9.17) is 24.4 Å². The summed E-state index contributed by atoms with van der Waals surface area (Å²) in [4.78, 5) is 23.5. The minimum Gasteiger partial charge on any atom is -0.475 e. The quantitative estimate of drug-likeness (QED) is 0.761. The van der Waals surface area contributed by atoms with Gasteiger partial charge in [-0.25, -0.2) is 4.98 Å². The Morgan fingerprint density at radius 2 is 1.48 bits per heavy atom. The lowest BCUT2D eigenvalue weighted by Gasteiger charge is -2.28. The van der Waals surface area contributed by atoms with Crippen molar-refractivity contribution in [3.05, 3.63) is 18.2 Å². The zero-order valence-corrected chi connectivity index (χ0v) is 17.4. The first kappa shape index (κ1) is 19.8. The third kappa shape index (κ3) is 5.12. The van der Waals surface area contributed by atoms with Crippen molar-refractivity contribution in [1.29, 1.82) is 0 Å². The van der Waals surface area contributed by atoms with Crippen molar-refractivity contribution >= 4 is 11.9 Å². The minimum atomic E-state index is 0.0627. The zero-order chi connectivity index (χ0) is 20.1. The molecule has 0 atom stereocenters. The highest BCUT2D eigenvalue weighted by Crippen LogP contribution is 2.24. The average Bonchev–Trinajstić information content (AvgIpc) is 3.03. The summed E-state index contributed by atoms with van der Waals surface area (Å²) in [6.07, 6.45) is 4.93. The predicted octanol–water partition coefficient (Wildman–Crippen LogP) is 2.94. The Morgan fingerprint density at radius 1 is 0.828 bits per heavy atom. The fraction of sp³-hybridized carbons (Fsp3) is 0.619. The van der Waals surface area contributed by atoms with E-state index in [1.165, 1.54) is 25.7 Å². The third-order valence-corrected chi connectivity index (χ3v) is 5.10. The van der Waals surface area contributed by atoms with E-state index in [-0.39, 0.29) is 6.10 Å². The molecular formula is C21H30N6O2. The number of nitrogens with zero attached hydrogens (tertiary/aromatic N) is 6. The topological polar surface area (TPSA) is 76.5 Å². The number of morpholine rings is 1. The largest absolute Gasteiger partial charge is 0.475 e. The highest BCUT2D eigenvalue weighted by molar-refractivity contribution is 5.55. The summed E-state index contributed by atoms with van der Waals surface area (Å²) >= 11 is 0. The summed E-state index contributed by atoms with van der Waals surface area (Å²) in [7, 11) is 0. The van der Waals surface area contributed by atoms with E-state index in [1.807, 2.05) is 32.0 Å². The molecule has 2 aromatic rings. The lowest BCUT2D eigenvalue weighted by molar-refractivity contribution is 0.122. The van der Waals surface area contributed by atoms with Crippen molar-refractivity contribution in [3.8, 4) is 17.4 Å². The van der Waals surface area contributed by atoms with Gasteiger partial charge in [0.05, 0.1) is 19.3 Å². The molecule has 29 heavy (non-hydrogen) atoms. The van der Waals surface area contributed by atoms with Crippen molar-refractivity contribution in [2.45, 2.75) is 45.6 Å². The van der Waals surface area contributed by atoms with Gasteiger partial charge in [-0.2, -0.15) is 15.0 Å². The lowest BCUT2D eigenvalue weighted by Crippen LogP contribution is -2.38. The summed E-state index contributed by atoms with van der Waals surface area (Å²) in [5.41, 5.74) is 0.705. The molecule has 2 aromatic heterocycles. The van der Waals surface area contributed by atoms with Crippen LogP contribution >= 0.6 is 0 Å². The molecule has 0 unspecified atom stereocenters. The molecule has 0 spiro atoms. The normalized spacial score (nSPS) is 18.0. The van der Waals surface area contributed by atoms with Gasteiger partial charge in [-0.05, 0) is 32.8 Å². The molecule has 0 bridgehead atoms. The van der Waals surface area contributed by atoms with Gasteiger partial charge in [-0.15, -0.1) is 0 Å². The molecule has 0 radical (unpaired) electrons. The number of rotatable bonds is 5. The molecule has 156 valence electrons. The smallest absolute Gasteiger partial charge is 0.230 e. The molecule has 2 fully saturated rings. The molecule has 2 aliphatic rings. The van der Waals surface area contributed by atoms with Gasteiger partial charge in [0.25, 0.3) is 0 Å². The zero-order valence-electron chi connectivity index (χ0n) is 17.4. The van der Waals surface area contributed by atoms with Gasteiger partial charge in [0.1, 0.15) is 5.69 Å². The van der Waals surface area contributed by atoms with Crippen molar-refractivity contribution in [2.24, 2.45) is 0 Å². The van der Waals surface area contributed by atoms with Gasteiger partial charge in [-0.1, -0.05) is 18.9 Å². The maximum absolute atomic E-state index is 5.77. The van der Waals surface area contributed by atoms with Gasteiger partial charge >= 0.3 is 0 Å². The molecule has 0 N–H and O–H groups in total. The van der Waals surface area contributed by atoms with Crippen LogP contribution in [-0.4, -0.2) is 65.4 Å². The molecule has 2 saturated heterocycles. The first-order chi connectivity index (χ1) is 14.2. The Bertz CT molecular complexity index is 802. The molecule has 0 aliphatic carbocycles. The van der Waals surface area contributed by atoms with Gasteiger partial charge in [0.2, 0.25) is 17.8 Å². The standard InChI is InChI=1S/C21H30N6O2/c1-16(2)29-18-9-7-8-17(22-18)19-23-20(26-10-5-3-4-6-11-26)25-21(24-19)27-12-14-28-15-13-27/h7-9,16H,3-6,10-15H2,1-2H3. The highest BCUT2D eigenvalue weighted by Gasteiger charge is 2.21. The summed E-state index contributed by atoms with van der Waals surface area (Å²) in [6, 6.07) is 5.73. The van der Waals surface area contributed by atoms with Crippen LogP contribution in [0.25, 0.3) is 11.5 Å². The number of anilines is 2. The molecular weight excluding hydrogens is 368 g/mol. The van der Waals surface area contributed by atoms with E-state index in [0.717, 1.165) is 32.1 Å². The Hall–Kier alpha value is -2.48. The lowest BCUT2D eigenvalue weighted by atomic mass is 10.2. The number of ether oxygens (including phenoxy) is 2. The predicted molar refractivity (Wildman–Crippen MR) is 113 cm³/mol. The van der Waals surface area contributed by atoms with Crippen LogP contribution < -0.4 is 14.5 Å². The highest BCUT2D eigenvalue weighted by atomic mass is 16.5. The van der Waals surface area contributed by atoms with Crippen LogP contribution in [0, 0.1) is 0 Å². The van der Waals surface area contributed by atoms with Crippen LogP contribution in [-0.2, 0) is 4.74 Å². The van der Waals surface area contributed by atoms with Crippen molar-refractivity contribution in [1.82, 2.24) is 19.9 Å². The summed E-state index contributed by atoms with van der Waals surface area (Å²) < 4.78 is 11.3. The Morgan fingerprint density at radius 3 is 2.14 bits per heavy atom. The van der Waals surface area contributed by atoms with Crippen molar-refractivity contribution < 1.29 is 9.47 Å². The van der Waals surface area contributed by atoms with Crippen LogP contribution in [0.3, 0.4) is 0 Å². The number of pyridine rings is 1. The molecule has 8 nitrogen and oxygen atoms in total. The van der Waals surface area contributed by atoms with E-state index < -0.39 is 0 Å². The van der Waals surface area contributed by atoms with E-state index in [1.54, 1.807) is 0 Å². The molecule has 8 heteroatoms. The van der Waals surface area contributed by atoms with Crippen molar-refractivity contribution in [3.63, 3.8) is 0 Å². The second-order valence-corrected chi connectivity index (χ2v) is 7.79. The first-order valence-electron chi connectivity index (χ1n) is 10.7. The monoisotopic (exact) mass is 398 g/mol. The minimum absolute atomic E-state index is 0.0627. The van der Waals surface area contributed by atoms with Crippen LogP contribution in [0.2, 0.25) is 0 Å². The molecule has 0 aromatic carbocycles. The van der Waals surface area contributed by atoms with Crippen LogP contribution in [0.15, 0.2) is 18.2 Å². The Kier molecular flexibility index (Phi) is 6.39. The van der Waals surface area contributed by atoms with E-state index in [9.17, 15) is 0 Å². The second-order valence-electron chi connectivity index (χ2n) is 7.79. The molecule has 2 aliphatic heterocycles. The van der Waals surface area contributed by atoms with Crippen LogP contribution in [0.5, 0.6) is 5.88 Å². The van der Waals surface area contributed by atoms with Gasteiger partial charge < -0.3 is 19.3 Å². The van der Waals surface area contributed by atoms with E-state index >= 15 is 0 Å². The Balaban J connectivity index is 1.70. The van der Waals surface area contributed by atoms with Gasteiger partial charge in [0, 0.05) is 32.2 Å². The first-order valence-corrected chi connectivity index (χ1v) is 10.7. The summed E-state index contributed by atoms with van der Waals surface area (Å²) in [5.74, 6) is 2.63. The van der Waals surface area contributed by atoms with E-state index in [2.05, 4.69) is 14.8 Å². The summed E-state index contributed by atoms with van der Waals surface area (Å²) in [5, 5.41) is 0. The summed E-state index contributed by atoms with van der Waals surface area (Å²) in [6.45, 7) is 8.90. The molecule has 0 amide bonds. The fourth-order valence-electron chi connectivity index (χ4n) is 3.63. The molecule has 4 heterocycles. The van der Waals surface area contributed by atoms with E-state index in [0.29, 0.717) is 36.6 Å². The van der Waals surface area contributed by atoms with Crippen molar-refractivity contribution in [2.75, 3.05) is 49.2 Å². The fourth-order valence-corrected chi connectivity index (χ4v) is 3.63. The maximum Gasteiger partial charge on any atom is 0.230 e. The SMILES string of the molecule is CC(C)Oc1cccc(-c2nc(N3CCCCCC3)nc(N3CCOCC3)n2)n1. The van der Waals surface area contributed by atoms with Gasteiger partial charge in [-0.3, -0.25) is 0 Å². The average molecular weight is 399 g/mol. The van der Waals surface area contributed by atoms with Gasteiger partial charge in [0.15, 0.2) is 5.82 Å². The van der Waals surface area contributed by atoms with Crippen LogP contribution in [0.1, 0.15) is 39.5 Å². The molecule has 4 rings (SSSR count). The molecule has 0 saturated carbocycles. The number of hydrogen-bond donors (Lipinski definition) is 0. The Labute approximate surface area is 172 Å². The number of aromatic nitrogens is 4. The second kappa shape index (κ2) is 9.35.